The molecule has 0 aliphatic rings. The summed E-state index contributed by atoms with van der Waals surface area (Å²) in [4.78, 5) is 20.8. The number of aryl methyl sites for hydroxylation is 1. The summed E-state index contributed by atoms with van der Waals surface area (Å²) in [6.45, 7) is 2.08. The molecule has 0 amide bonds. The first kappa shape index (κ1) is 14.9. The predicted molar refractivity (Wildman–Crippen MR) is 84.4 cm³/mol. The third-order valence-electron chi connectivity index (χ3n) is 3.25. The first-order valence-corrected chi connectivity index (χ1v) is 8.77. The van der Waals surface area contributed by atoms with Gasteiger partial charge in [-0.3, -0.25) is 0 Å². The summed E-state index contributed by atoms with van der Waals surface area (Å²) >= 11 is 1.48. The normalized spacial score (nSPS) is 12.3. The van der Waals surface area contributed by atoms with Gasteiger partial charge in [-0.1, -0.05) is 0 Å². The van der Waals surface area contributed by atoms with Gasteiger partial charge in [0.15, 0.2) is 0 Å². The monoisotopic (exact) mass is 338 g/mol. The third kappa shape index (κ3) is 2.70. The Labute approximate surface area is 130 Å². The number of H-pyrrole nitrogens is 2. The molecule has 2 N–H and O–H groups in total. The second kappa shape index (κ2) is 5.34. The van der Waals surface area contributed by atoms with E-state index in [-0.39, 0.29) is 17.1 Å². The molecule has 0 bridgehead atoms. The van der Waals surface area contributed by atoms with Gasteiger partial charge >= 0.3 is 5.69 Å². The van der Waals surface area contributed by atoms with Crippen LogP contribution in [0.15, 0.2) is 33.3 Å². The zero-order chi connectivity index (χ0) is 15.9. The van der Waals surface area contributed by atoms with Crippen molar-refractivity contribution in [1.29, 1.82) is 0 Å². The van der Waals surface area contributed by atoms with Gasteiger partial charge in [-0.05, 0) is 25.1 Å². The van der Waals surface area contributed by atoms with Crippen LogP contribution in [-0.4, -0.2) is 34.7 Å². The molecule has 0 aliphatic carbocycles. The number of fused-ring (bicyclic) bond motifs is 1. The average molecular weight is 338 g/mol. The lowest BCUT2D eigenvalue weighted by molar-refractivity contribution is 0.463. The molecule has 0 fully saturated rings. The van der Waals surface area contributed by atoms with Crippen LogP contribution in [0.2, 0.25) is 0 Å². The number of nitrogens with zero attached hydrogens (tertiary/aromatic N) is 2. The van der Waals surface area contributed by atoms with Gasteiger partial charge in [-0.2, -0.15) is 4.31 Å². The molecule has 22 heavy (non-hydrogen) atoms. The van der Waals surface area contributed by atoms with E-state index < -0.39 is 10.0 Å². The van der Waals surface area contributed by atoms with Gasteiger partial charge < -0.3 is 9.97 Å². The van der Waals surface area contributed by atoms with Crippen LogP contribution in [0.1, 0.15) is 10.7 Å². The maximum absolute atomic E-state index is 12.6. The van der Waals surface area contributed by atoms with Gasteiger partial charge in [0.2, 0.25) is 10.0 Å². The summed E-state index contributed by atoms with van der Waals surface area (Å²) in [5, 5.41) is 2.74. The van der Waals surface area contributed by atoms with E-state index in [9.17, 15) is 13.2 Å². The summed E-state index contributed by atoms with van der Waals surface area (Å²) in [5.41, 5.74) is 1.38. The molecule has 2 heterocycles. The minimum absolute atomic E-state index is 0.129. The van der Waals surface area contributed by atoms with Gasteiger partial charge in [0.1, 0.15) is 0 Å². The second-order valence-electron chi connectivity index (χ2n) is 4.91. The molecule has 9 heteroatoms. The molecule has 7 nitrogen and oxygen atoms in total. The highest BCUT2D eigenvalue weighted by Crippen LogP contribution is 2.20. The predicted octanol–water partition coefficient (Wildman–Crippen LogP) is 1.44. The number of nitrogens with one attached hydrogen (secondary N) is 2. The van der Waals surface area contributed by atoms with Crippen molar-refractivity contribution in [1.82, 2.24) is 19.3 Å². The number of rotatable bonds is 4. The Morgan fingerprint density at radius 1 is 1.27 bits per heavy atom. The Morgan fingerprint density at radius 3 is 2.68 bits per heavy atom. The van der Waals surface area contributed by atoms with Crippen LogP contribution in [-0.2, 0) is 16.6 Å². The number of hydrogen-bond acceptors (Lipinski definition) is 5. The lowest BCUT2D eigenvalue weighted by atomic mass is 10.3. The smallest absolute Gasteiger partial charge is 0.306 e. The van der Waals surface area contributed by atoms with Crippen molar-refractivity contribution in [2.75, 3.05) is 7.05 Å². The van der Waals surface area contributed by atoms with Gasteiger partial charge in [-0.15, -0.1) is 11.3 Å². The zero-order valence-electron chi connectivity index (χ0n) is 12.0. The van der Waals surface area contributed by atoms with Crippen molar-refractivity contribution < 1.29 is 8.42 Å². The Bertz CT molecular complexity index is 984. The lowest BCUT2D eigenvalue weighted by Crippen LogP contribution is -2.26. The van der Waals surface area contributed by atoms with Crippen molar-refractivity contribution in [3.8, 4) is 0 Å². The van der Waals surface area contributed by atoms with Crippen molar-refractivity contribution in [3.63, 3.8) is 0 Å². The van der Waals surface area contributed by atoms with Crippen LogP contribution in [0.5, 0.6) is 0 Å². The van der Waals surface area contributed by atoms with Gasteiger partial charge in [0.25, 0.3) is 0 Å². The number of benzene rings is 1. The van der Waals surface area contributed by atoms with Crippen molar-refractivity contribution in [2.24, 2.45) is 0 Å². The third-order valence-corrected chi connectivity index (χ3v) is 5.87. The largest absolute Gasteiger partial charge is 0.323 e. The first-order chi connectivity index (χ1) is 10.4. The molecule has 3 aromatic rings. The quantitative estimate of drug-likeness (QED) is 0.752. The fourth-order valence-corrected chi connectivity index (χ4v) is 3.92. The molecule has 2 aromatic heterocycles. The standard InChI is InChI=1S/C13H14N4O3S2/c1-8-14-9(7-21-8)6-17(2)22(19,20)10-3-4-11-12(5-10)16-13(18)15-11/h3-5,7H,6H2,1-2H3,(H2,15,16,18). The van der Waals surface area contributed by atoms with E-state index in [0.717, 1.165) is 5.01 Å². The molecular weight excluding hydrogens is 324 g/mol. The van der Waals surface area contributed by atoms with E-state index in [1.54, 1.807) is 6.07 Å². The highest BCUT2D eigenvalue weighted by molar-refractivity contribution is 7.89. The Balaban J connectivity index is 1.94. The number of aromatic amines is 2. The van der Waals surface area contributed by atoms with Gasteiger partial charge in [0.05, 0.1) is 33.2 Å². The summed E-state index contributed by atoms with van der Waals surface area (Å²) in [6.07, 6.45) is 0. The van der Waals surface area contributed by atoms with E-state index in [4.69, 9.17) is 0 Å². The number of aromatic nitrogens is 3. The summed E-state index contributed by atoms with van der Waals surface area (Å²) < 4.78 is 26.4. The Kier molecular flexibility index (Phi) is 3.63. The van der Waals surface area contributed by atoms with Crippen LogP contribution >= 0.6 is 11.3 Å². The Hall–Kier alpha value is -1.97. The van der Waals surface area contributed by atoms with E-state index >= 15 is 0 Å². The van der Waals surface area contributed by atoms with E-state index in [2.05, 4.69) is 15.0 Å². The maximum Gasteiger partial charge on any atom is 0.323 e. The molecule has 0 saturated carbocycles. The minimum atomic E-state index is -3.65. The molecule has 0 aliphatic heterocycles. The zero-order valence-corrected chi connectivity index (χ0v) is 13.6. The fraction of sp³-hybridized carbons (Fsp3) is 0.231. The lowest BCUT2D eigenvalue weighted by Gasteiger charge is -2.16. The number of sulfonamides is 1. The van der Waals surface area contributed by atoms with Gasteiger partial charge in [-0.25, -0.2) is 18.2 Å². The fourth-order valence-electron chi connectivity index (χ4n) is 2.15. The minimum Gasteiger partial charge on any atom is -0.306 e. The first-order valence-electron chi connectivity index (χ1n) is 6.45. The highest BCUT2D eigenvalue weighted by atomic mass is 32.2. The van der Waals surface area contributed by atoms with Gasteiger partial charge in [0, 0.05) is 12.4 Å². The highest BCUT2D eigenvalue weighted by Gasteiger charge is 2.22. The van der Waals surface area contributed by atoms with Crippen LogP contribution in [0.4, 0.5) is 0 Å². The summed E-state index contributed by atoms with van der Waals surface area (Å²) in [7, 11) is -2.14. The van der Waals surface area contributed by atoms with E-state index in [1.165, 1.54) is 34.8 Å². The van der Waals surface area contributed by atoms with Crippen molar-refractivity contribution >= 4 is 32.4 Å². The molecule has 1 aromatic carbocycles. The van der Waals surface area contributed by atoms with Crippen LogP contribution in [0, 0.1) is 6.92 Å². The molecule has 0 spiro atoms. The molecule has 0 radical (unpaired) electrons. The Morgan fingerprint density at radius 2 is 2.00 bits per heavy atom. The average Bonchev–Trinajstić information content (AvgIpc) is 3.02. The van der Waals surface area contributed by atoms with Crippen LogP contribution in [0.3, 0.4) is 0 Å². The second-order valence-corrected chi connectivity index (χ2v) is 8.01. The number of thiazole rings is 1. The van der Waals surface area contributed by atoms with E-state index in [0.29, 0.717) is 16.7 Å². The summed E-state index contributed by atoms with van der Waals surface area (Å²) in [5.74, 6) is 0. The number of hydrogen-bond donors (Lipinski definition) is 2. The van der Waals surface area contributed by atoms with Crippen molar-refractivity contribution in [3.05, 3.63) is 44.8 Å². The topological polar surface area (TPSA) is 98.9 Å². The molecule has 3 rings (SSSR count). The molecule has 0 unspecified atom stereocenters. The number of imidazole rings is 1. The SMILES string of the molecule is Cc1nc(CN(C)S(=O)(=O)c2ccc3[nH]c(=O)[nH]c3c2)cs1. The molecular formula is C13H14N4O3S2. The molecule has 0 saturated heterocycles. The van der Waals surface area contributed by atoms with Crippen molar-refractivity contribution in [2.45, 2.75) is 18.4 Å². The molecule has 0 atom stereocenters. The molecule has 116 valence electrons. The van der Waals surface area contributed by atoms with Crippen LogP contribution in [0.25, 0.3) is 11.0 Å². The summed E-state index contributed by atoms with van der Waals surface area (Å²) in [6, 6.07) is 4.50. The maximum atomic E-state index is 12.6. The van der Waals surface area contributed by atoms with Crippen LogP contribution < -0.4 is 5.69 Å². The van der Waals surface area contributed by atoms with E-state index in [1.807, 2.05) is 12.3 Å².